The number of hydrogen-bond acceptors (Lipinski definition) is 5. The van der Waals surface area contributed by atoms with E-state index in [9.17, 15) is 0 Å². The van der Waals surface area contributed by atoms with E-state index in [1.54, 1.807) is 25.6 Å². The van der Waals surface area contributed by atoms with Crippen molar-refractivity contribution in [2.24, 2.45) is 0 Å². The molecule has 0 N–H and O–H groups in total. The molecule has 0 atom stereocenters. The van der Waals surface area contributed by atoms with E-state index in [0.29, 0.717) is 12.3 Å². The first-order valence-corrected chi connectivity index (χ1v) is 7.67. The van der Waals surface area contributed by atoms with Crippen LogP contribution < -0.4 is 9.47 Å². The van der Waals surface area contributed by atoms with Crippen LogP contribution in [0.15, 0.2) is 18.2 Å². The molecule has 2 aromatic rings. The summed E-state index contributed by atoms with van der Waals surface area (Å²) >= 11 is 1.59. The minimum atomic E-state index is 0.426. The number of nitrogens with zero attached hydrogens (tertiary/aromatic N) is 2. The molecule has 0 aliphatic heterocycles. The van der Waals surface area contributed by atoms with Gasteiger partial charge in [-0.05, 0) is 31.0 Å². The van der Waals surface area contributed by atoms with Crippen LogP contribution in [0.3, 0.4) is 0 Å². The summed E-state index contributed by atoms with van der Waals surface area (Å²) in [6.07, 6.45) is 2.78. The fraction of sp³-hybridized carbons (Fsp3) is 0.375. The molecule has 0 radical (unpaired) electrons. The van der Waals surface area contributed by atoms with Gasteiger partial charge in [0.2, 0.25) is 0 Å². The second-order valence-corrected chi connectivity index (χ2v) is 6.09. The second kappa shape index (κ2) is 5.74. The Hall–Kier alpha value is -2.06. The standard InChI is InChI=1S/C16H16N2O2S/c1-19-11-5-6-13(20-2)12(9-11)16-18-15(10-3-4-10)14(21-16)7-8-17/h5-6,9-10H,3-4,7H2,1-2H3. The molecule has 0 amide bonds. The molecule has 1 aromatic heterocycles. The Morgan fingerprint density at radius 3 is 2.76 bits per heavy atom. The summed E-state index contributed by atoms with van der Waals surface area (Å²) in [5.41, 5.74) is 2.02. The van der Waals surface area contributed by atoms with Gasteiger partial charge in [-0.2, -0.15) is 5.26 Å². The molecule has 4 nitrogen and oxygen atoms in total. The first-order chi connectivity index (χ1) is 10.3. The van der Waals surface area contributed by atoms with E-state index in [4.69, 9.17) is 19.7 Å². The Morgan fingerprint density at radius 1 is 1.33 bits per heavy atom. The minimum Gasteiger partial charge on any atom is -0.497 e. The smallest absolute Gasteiger partial charge is 0.129 e. The van der Waals surface area contributed by atoms with Crippen LogP contribution in [0, 0.1) is 11.3 Å². The van der Waals surface area contributed by atoms with E-state index < -0.39 is 0 Å². The summed E-state index contributed by atoms with van der Waals surface area (Å²) in [5.74, 6) is 2.08. The number of methoxy groups -OCH3 is 2. The third-order valence-electron chi connectivity index (χ3n) is 3.57. The average molecular weight is 300 g/mol. The van der Waals surface area contributed by atoms with Crippen molar-refractivity contribution < 1.29 is 9.47 Å². The van der Waals surface area contributed by atoms with Crippen molar-refractivity contribution in [1.82, 2.24) is 4.98 Å². The van der Waals surface area contributed by atoms with Gasteiger partial charge in [-0.15, -0.1) is 11.3 Å². The number of aromatic nitrogens is 1. The molecule has 3 rings (SSSR count). The zero-order chi connectivity index (χ0) is 14.8. The van der Waals surface area contributed by atoms with Crippen LogP contribution in [0.4, 0.5) is 0 Å². The lowest BCUT2D eigenvalue weighted by Crippen LogP contribution is -1.90. The van der Waals surface area contributed by atoms with E-state index >= 15 is 0 Å². The van der Waals surface area contributed by atoms with Crippen molar-refractivity contribution in [3.05, 3.63) is 28.8 Å². The Bertz CT molecular complexity index is 699. The van der Waals surface area contributed by atoms with Crippen LogP contribution in [-0.4, -0.2) is 19.2 Å². The van der Waals surface area contributed by atoms with Gasteiger partial charge in [0.05, 0.1) is 38.0 Å². The second-order valence-electron chi connectivity index (χ2n) is 5.00. The summed E-state index contributed by atoms with van der Waals surface area (Å²) in [5, 5.41) is 9.89. The van der Waals surface area contributed by atoms with Gasteiger partial charge in [0.25, 0.3) is 0 Å². The molecule has 0 bridgehead atoms. The lowest BCUT2D eigenvalue weighted by molar-refractivity contribution is 0.404. The molecule has 1 fully saturated rings. The molecule has 1 aliphatic carbocycles. The molecule has 21 heavy (non-hydrogen) atoms. The molecule has 1 saturated carbocycles. The lowest BCUT2D eigenvalue weighted by Gasteiger charge is -2.08. The maximum atomic E-state index is 8.99. The third kappa shape index (κ3) is 2.72. The highest BCUT2D eigenvalue weighted by Gasteiger charge is 2.30. The SMILES string of the molecule is COc1ccc(OC)c(-c2nc(C3CC3)c(CC#N)s2)c1. The predicted molar refractivity (Wildman–Crippen MR) is 81.9 cm³/mol. The fourth-order valence-electron chi connectivity index (χ4n) is 2.33. The van der Waals surface area contributed by atoms with Crippen LogP contribution in [0.5, 0.6) is 11.5 Å². The summed E-state index contributed by atoms with van der Waals surface area (Å²) in [7, 11) is 3.29. The number of rotatable bonds is 5. The molecule has 0 spiro atoms. The number of benzene rings is 1. The summed E-state index contributed by atoms with van der Waals surface area (Å²) in [4.78, 5) is 5.86. The van der Waals surface area contributed by atoms with Gasteiger partial charge in [-0.1, -0.05) is 0 Å². The van der Waals surface area contributed by atoms with Crippen molar-refractivity contribution >= 4 is 11.3 Å². The van der Waals surface area contributed by atoms with Gasteiger partial charge in [-0.25, -0.2) is 4.98 Å². The zero-order valence-corrected chi connectivity index (χ0v) is 12.9. The first-order valence-electron chi connectivity index (χ1n) is 6.85. The molecule has 108 valence electrons. The summed E-state index contributed by atoms with van der Waals surface area (Å²) in [6.45, 7) is 0. The van der Waals surface area contributed by atoms with Gasteiger partial charge in [0.1, 0.15) is 16.5 Å². The Labute approximate surface area is 128 Å². The summed E-state index contributed by atoms with van der Waals surface area (Å²) in [6, 6.07) is 7.93. The number of ether oxygens (including phenoxy) is 2. The molecular formula is C16H16N2O2S. The van der Waals surface area contributed by atoms with E-state index in [1.807, 2.05) is 18.2 Å². The zero-order valence-electron chi connectivity index (χ0n) is 12.0. The lowest BCUT2D eigenvalue weighted by atomic mass is 10.2. The maximum absolute atomic E-state index is 8.99. The van der Waals surface area contributed by atoms with Crippen molar-refractivity contribution in [3.8, 4) is 28.1 Å². The van der Waals surface area contributed by atoms with Crippen LogP contribution in [0.2, 0.25) is 0 Å². The average Bonchev–Trinajstić information content (AvgIpc) is 3.28. The maximum Gasteiger partial charge on any atom is 0.129 e. The van der Waals surface area contributed by atoms with Gasteiger partial charge < -0.3 is 9.47 Å². The monoisotopic (exact) mass is 300 g/mol. The summed E-state index contributed by atoms with van der Waals surface area (Å²) < 4.78 is 10.7. The highest BCUT2D eigenvalue weighted by atomic mass is 32.1. The number of thiazole rings is 1. The molecular weight excluding hydrogens is 284 g/mol. The number of nitriles is 1. The topological polar surface area (TPSA) is 55.1 Å². The quantitative estimate of drug-likeness (QED) is 0.843. The largest absolute Gasteiger partial charge is 0.497 e. The Balaban J connectivity index is 2.07. The van der Waals surface area contributed by atoms with E-state index in [1.165, 1.54) is 12.8 Å². The molecule has 0 saturated heterocycles. The van der Waals surface area contributed by atoms with Gasteiger partial charge >= 0.3 is 0 Å². The molecule has 1 heterocycles. The fourth-order valence-corrected chi connectivity index (χ4v) is 3.43. The van der Waals surface area contributed by atoms with E-state index in [-0.39, 0.29) is 0 Å². The normalized spacial score (nSPS) is 13.8. The van der Waals surface area contributed by atoms with Crippen molar-refractivity contribution in [1.29, 1.82) is 5.26 Å². The van der Waals surface area contributed by atoms with Crippen LogP contribution in [0.1, 0.15) is 29.3 Å². The Morgan fingerprint density at radius 2 is 2.14 bits per heavy atom. The first kappa shape index (κ1) is 13.9. The van der Waals surface area contributed by atoms with Crippen molar-refractivity contribution in [3.63, 3.8) is 0 Å². The Kier molecular flexibility index (Phi) is 3.80. The predicted octanol–water partition coefficient (Wildman–Crippen LogP) is 3.77. The highest BCUT2D eigenvalue weighted by Crippen LogP contribution is 2.45. The van der Waals surface area contributed by atoms with Crippen molar-refractivity contribution in [2.45, 2.75) is 25.2 Å². The van der Waals surface area contributed by atoms with E-state index in [2.05, 4.69) is 6.07 Å². The number of hydrogen-bond donors (Lipinski definition) is 0. The molecule has 1 aromatic carbocycles. The molecule has 1 aliphatic rings. The van der Waals surface area contributed by atoms with Gasteiger partial charge in [0, 0.05) is 10.8 Å². The van der Waals surface area contributed by atoms with Crippen LogP contribution in [-0.2, 0) is 6.42 Å². The van der Waals surface area contributed by atoms with Gasteiger partial charge in [-0.3, -0.25) is 0 Å². The van der Waals surface area contributed by atoms with E-state index in [0.717, 1.165) is 32.6 Å². The van der Waals surface area contributed by atoms with Crippen LogP contribution in [0.25, 0.3) is 10.6 Å². The van der Waals surface area contributed by atoms with Crippen molar-refractivity contribution in [2.75, 3.05) is 14.2 Å². The minimum absolute atomic E-state index is 0.426. The highest BCUT2D eigenvalue weighted by molar-refractivity contribution is 7.15. The third-order valence-corrected chi connectivity index (χ3v) is 4.67. The van der Waals surface area contributed by atoms with Crippen LogP contribution >= 0.6 is 11.3 Å². The van der Waals surface area contributed by atoms with Gasteiger partial charge in [0.15, 0.2) is 0 Å². The molecule has 5 heteroatoms. The molecule has 0 unspecified atom stereocenters.